The van der Waals surface area contributed by atoms with Gasteiger partial charge in [0.05, 0.1) is 17.7 Å². The van der Waals surface area contributed by atoms with Gasteiger partial charge in [-0.05, 0) is 19.1 Å². The second-order valence-corrected chi connectivity index (χ2v) is 3.50. The van der Waals surface area contributed by atoms with Gasteiger partial charge in [-0.25, -0.2) is 9.37 Å². The van der Waals surface area contributed by atoms with Crippen LogP contribution < -0.4 is 0 Å². The molecule has 1 aromatic carbocycles. The summed E-state index contributed by atoms with van der Waals surface area (Å²) in [7, 11) is 0. The Hall–Kier alpha value is -1.97. The molecule has 1 aromatic heterocycles. The van der Waals surface area contributed by atoms with Crippen LogP contribution in [0.5, 0.6) is 0 Å². The highest BCUT2D eigenvalue weighted by Gasteiger charge is 2.11. The van der Waals surface area contributed by atoms with Crippen LogP contribution in [0.15, 0.2) is 34.9 Å². The maximum absolute atomic E-state index is 13.4. The van der Waals surface area contributed by atoms with E-state index in [1.165, 1.54) is 19.3 Å². The molecule has 0 saturated heterocycles. The van der Waals surface area contributed by atoms with E-state index in [1.807, 2.05) is 0 Å². The molecule has 0 radical (unpaired) electrons. The zero-order valence-electron chi connectivity index (χ0n) is 8.74. The predicted octanol–water partition coefficient (Wildman–Crippen LogP) is 2.61. The Balaban J connectivity index is 2.32. The quantitative estimate of drug-likeness (QED) is 0.796. The molecule has 2 rings (SSSR count). The van der Waals surface area contributed by atoms with Crippen LogP contribution in [0.1, 0.15) is 12.6 Å². The van der Waals surface area contributed by atoms with Crippen molar-refractivity contribution in [3.63, 3.8) is 0 Å². The molecule has 0 N–H and O–H groups in total. The van der Waals surface area contributed by atoms with E-state index in [2.05, 4.69) is 4.98 Å². The monoisotopic (exact) mass is 219 g/mol. The van der Waals surface area contributed by atoms with Crippen LogP contribution in [-0.4, -0.2) is 10.8 Å². The maximum Gasteiger partial charge on any atom is 0.229 e. The normalized spacial score (nSPS) is 10.4. The molecule has 0 aliphatic rings. The second-order valence-electron chi connectivity index (χ2n) is 3.50. The molecule has 0 aliphatic carbocycles. The summed E-state index contributed by atoms with van der Waals surface area (Å²) in [5.41, 5.74) is 0.822. The van der Waals surface area contributed by atoms with Gasteiger partial charge in [-0.2, -0.15) is 0 Å². The SMILES string of the molecule is CC(=O)Cc1coc(-c2ccccc2F)n1. The van der Waals surface area contributed by atoms with Crippen molar-refractivity contribution in [2.75, 3.05) is 0 Å². The Kier molecular flexibility index (Phi) is 2.81. The van der Waals surface area contributed by atoms with Crippen molar-refractivity contribution in [1.82, 2.24) is 4.98 Å². The summed E-state index contributed by atoms with van der Waals surface area (Å²) in [6.07, 6.45) is 1.58. The number of Topliss-reactive ketones (excluding diaryl/α,β-unsaturated/α-hetero) is 1. The lowest BCUT2D eigenvalue weighted by Crippen LogP contribution is -1.96. The molecule has 1 heterocycles. The average molecular weight is 219 g/mol. The number of ketones is 1. The van der Waals surface area contributed by atoms with E-state index >= 15 is 0 Å². The molecule has 3 nitrogen and oxygen atoms in total. The summed E-state index contributed by atoms with van der Waals surface area (Å²) >= 11 is 0. The van der Waals surface area contributed by atoms with Crippen molar-refractivity contribution >= 4 is 5.78 Å². The summed E-state index contributed by atoms with van der Waals surface area (Å²) in [5, 5.41) is 0. The minimum Gasteiger partial charge on any atom is -0.444 e. The van der Waals surface area contributed by atoms with Crippen LogP contribution in [0.4, 0.5) is 4.39 Å². The molecular formula is C12H10FNO2. The first-order valence-electron chi connectivity index (χ1n) is 4.85. The van der Waals surface area contributed by atoms with E-state index in [4.69, 9.17) is 4.42 Å². The highest BCUT2D eigenvalue weighted by molar-refractivity contribution is 5.77. The number of hydrogen-bond donors (Lipinski definition) is 0. The van der Waals surface area contributed by atoms with Crippen molar-refractivity contribution < 1.29 is 13.6 Å². The number of rotatable bonds is 3. The van der Waals surface area contributed by atoms with Crippen molar-refractivity contribution in [1.29, 1.82) is 0 Å². The molecule has 0 saturated carbocycles. The topological polar surface area (TPSA) is 43.1 Å². The van der Waals surface area contributed by atoms with Gasteiger partial charge in [0.1, 0.15) is 17.9 Å². The Labute approximate surface area is 91.9 Å². The van der Waals surface area contributed by atoms with Crippen LogP contribution in [-0.2, 0) is 11.2 Å². The summed E-state index contributed by atoms with van der Waals surface area (Å²) in [6, 6.07) is 6.22. The smallest absolute Gasteiger partial charge is 0.229 e. The van der Waals surface area contributed by atoms with Gasteiger partial charge in [-0.15, -0.1) is 0 Å². The summed E-state index contributed by atoms with van der Waals surface area (Å²) in [4.78, 5) is 14.9. The summed E-state index contributed by atoms with van der Waals surface area (Å²) in [6.45, 7) is 1.47. The largest absolute Gasteiger partial charge is 0.444 e. The van der Waals surface area contributed by atoms with Crippen molar-refractivity contribution in [2.45, 2.75) is 13.3 Å². The Morgan fingerprint density at radius 3 is 2.88 bits per heavy atom. The molecule has 0 amide bonds. The van der Waals surface area contributed by atoms with E-state index in [9.17, 15) is 9.18 Å². The maximum atomic E-state index is 13.4. The van der Waals surface area contributed by atoms with E-state index < -0.39 is 5.82 Å². The number of halogens is 1. The molecule has 0 unspecified atom stereocenters. The van der Waals surface area contributed by atoms with Crippen LogP contribution in [0.3, 0.4) is 0 Å². The highest BCUT2D eigenvalue weighted by Crippen LogP contribution is 2.21. The number of hydrogen-bond acceptors (Lipinski definition) is 3. The standard InChI is InChI=1S/C12H10FNO2/c1-8(15)6-9-7-16-12(14-9)10-4-2-3-5-11(10)13/h2-5,7H,6H2,1H3. The van der Waals surface area contributed by atoms with Gasteiger partial charge in [0.2, 0.25) is 5.89 Å². The third kappa shape index (κ3) is 2.16. The Morgan fingerprint density at radius 1 is 1.44 bits per heavy atom. The van der Waals surface area contributed by atoms with Crippen LogP contribution in [0.2, 0.25) is 0 Å². The lowest BCUT2D eigenvalue weighted by molar-refractivity contribution is -0.116. The minimum atomic E-state index is -0.390. The molecule has 0 fully saturated rings. The Bertz CT molecular complexity index is 519. The lowest BCUT2D eigenvalue weighted by atomic mass is 10.2. The third-order valence-electron chi connectivity index (χ3n) is 2.09. The summed E-state index contributed by atoms with van der Waals surface area (Å²) in [5.74, 6) is -0.193. The van der Waals surface area contributed by atoms with Gasteiger partial charge in [0.15, 0.2) is 0 Å². The minimum absolute atomic E-state index is 0.00613. The molecule has 2 aromatic rings. The molecule has 16 heavy (non-hydrogen) atoms. The van der Waals surface area contributed by atoms with E-state index in [0.717, 1.165) is 0 Å². The van der Waals surface area contributed by atoms with Gasteiger partial charge in [-0.1, -0.05) is 12.1 Å². The van der Waals surface area contributed by atoms with Crippen molar-refractivity contribution in [2.24, 2.45) is 0 Å². The highest BCUT2D eigenvalue weighted by atomic mass is 19.1. The number of benzene rings is 1. The number of nitrogens with zero attached hydrogens (tertiary/aromatic N) is 1. The average Bonchev–Trinajstić information content (AvgIpc) is 2.66. The van der Waals surface area contributed by atoms with E-state index in [0.29, 0.717) is 11.3 Å². The van der Waals surface area contributed by atoms with Crippen molar-refractivity contribution in [3.05, 3.63) is 42.0 Å². The fourth-order valence-corrected chi connectivity index (χ4v) is 1.40. The zero-order valence-corrected chi connectivity index (χ0v) is 8.74. The van der Waals surface area contributed by atoms with Gasteiger partial charge in [-0.3, -0.25) is 4.79 Å². The zero-order chi connectivity index (χ0) is 11.5. The fourth-order valence-electron chi connectivity index (χ4n) is 1.40. The number of oxazole rings is 1. The first kappa shape index (κ1) is 10.5. The molecule has 0 spiro atoms. The van der Waals surface area contributed by atoms with Gasteiger partial charge < -0.3 is 4.42 Å². The first-order valence-corrected chi connectivity index (χ1v) is 4.85. The number of carbonyl (C=O) groups excluding carboxylic acids is 1. The Morgan fingerprint density at radius 2 is 2.19 bits per heavy atom. The molecule has 0 bridgehead atoms. The van der Waals surface area contributed by atoms with Crippen LogP contribution in [0, 0.1) is 5.82 Å². The molecule has 0 aliphatic heterocycles. The second kappa shape index (κ2) is 4.26. The third-order valence-corrected chi connectivity index (χ3v) is 2.09. The van der Waals surface area contributed by atoms with Gasteiger partial charge in [0, 0.05) is 0 Å². The van der Waals surface area contributed by atoms with E-state index in [-0.39, 0.29) is 18.1 Å². The van der Waals surface area contributed by atoms with Crippen molar-refractivity contribution in [3.8, 4) is 11.5 Å². The van der Waals surface area contributed by atoms with Crippen LogP contribution in [0.25, 0.3) is 11.5 Å². The van der Waals surface area contributed by atoms with E-state index in [1.54, 1.807) is 18.2 Å². The summed E-state index contributed by atoms with van der Waals surface area (Å²) < 4.78 is 18.5. The first-order chi connectivity index (χ1) is 7.66. The van der Waals surface area contributed by atoms with Crippen LogP contribution >= 0.6 is 0 Å². The molecule has 82 valence electrons. The van der Waals surface area contributed by atoms with Gasteiger partial charge in [0.25, 0.3) is 0 Å². The molecule has 0 atom stereocenters. The molecular weight excluding hydrogens is 209 g/mol. The molecule has 4 heteroatoms. The number of aromatic nitrogens is 1. The predicted molar refractivity (Wildman–Crippen MR) is 56.3 cm³/mol. The lowest BCUT2D eigenvalue weighted by Gasteiger charge is -1.95. The van der Waals surface area contributed by atoms with Gasteiger partial charge >= 0.3 is 0 Å². The number of carbonyl (C=O) groups is 1. The fraction of sp³-hybridized carbons (Fsp3) is 0.167.